The van der Waals surface area contributed by atoms with Crippen molar-refractivity contribution in [3.63, 3.8) is 0 Å². The molecule has 0 radical (unpaired) electrons. The zero-order chi connectivity index (χ0) is 17.3. The largest absolute Gasteiger partial charge is 0.168 e. The zero-order valence-electron chi connectivity index (χ0n) is 12.1. The van der Waals surface area contributed by atoms with Crippen LogP contribution in [0.4, 0.5) is 0 Å². The Morgan fingerprint density at radius 3 is 1.29 bits per heavy atom. The molecule has 0 aliphatic heterocycles. The van der Waals surface area contributed by atoms with Gasteiger partial charge in [0.15, 0.2) is 14.7 Å². The second-order valence-corrected chi connectivity index (χ2v) is 9.00. The van der Waals surface area contributed by atoms with Crippen molar-refractivity contribution in [3.8, 4) is 0 Å². The summed E-state index contributed by atoms with van der Waals surface area (Å²) >= 11 is 30.6. The highest BCUT2D eigenvalue weighted by Crippen LogP contribution is 2.37. The molecule has 0 amide bonds. The van der Waals surface area contributed by atoms with Crippen LogP contribution >= 0.6 is 58.0 Å². The monoisotopic (exact) mass is 433 g/mol. The Hall–Kier alpha value is -0.540. The van der Waals surface area contributed by atoms with Crippen molar-refractivity contribution in [2.75, 3.05) is 0 Å². The Kier molecular flexibility index (Phi) is 5.92. The van der Waals surface area contributed by atoms with Crippen LogP contribution in [0.15, 0.2) is 75.4 Å². The highest BCUT2D eigenvalue weighted by molar-refractivity contribution is 7.97. The Labute approximate surface area is 168 Å². The van der Waals surface area contributed by atoms with Crippen LogP contribution in [-0.4, -0.2) is 0 Å². The summed E-state index contributed by atoms with van der Waals surface area (Å²) in [5.41, 5.74) is 0. The normalized spacial score (nSPS) is 11.1. The first-order chi connectivity index (χ1) is 11.5. The third-order valence-electron chi connectivity index (χ3n) is 3.30. The molecule has 0 heterocycles. The minimum Gasteiger partial charge on any atom is -0.0843 e. The highest BCUT2D eigenvalue weighted by atomic mass is 35.5. The van der Waals surface area contributed by atoms with E-state index >= 15 is 0 Å². The number of rotatable bonds is 3. The molecule has 0 aliphatic carbocycles. The van der Waals surface area contributed by atoms with Crippen LogP contribution < -0.4 is 0 Å². The smallest absolute Gasteiger partial charge is 0.0843 e. The molecule has 0 N–H and O–H groups in total. The van der Waals surface area contributed by atoms with E-state index in [0.29, 0.717) is 25.1 Å². The molecule has 0 aromatic heterocycles. The van der Waals surface area contributed by atoms with E-state index in [1.807, 2.05) is 48.5 Å². The van der Waals surface area contributed by atoms with E-state index in [9.17, 15) is 0 Å². The Morgan fingerprint density at radius 2 is 0.875 bits per heavy atom. The maximum Gasteiger partial charge on any atom is 0.168 e. The molecule has 0 bridgehead atoms. The summed E-state index contributed by atoms with van der Waals surface area (Å²) in [7, 11) is -0.405. The van der Waals surface area contributed by atoms with Gasteiger partial charge in [0.1, 0.15) is 0 Å². The van der Waals surface area contributed by atoms with E-state index in [1.54, 1.807) is 12.1 Å². The van der Waals surface area contributed by atoms with Crippen molar-refractivity contribution in [2.24, 2.45) is 0 Å². The van der Waals surface area contributed by atoms with Crippen molar-refractivity contribution in [1.82, 2.24) is 0 Å². The first-order valence-electron chi connectivity index (χ1n) is 6.85. The van der Waals surface area contributed by atoms with Crippen LogP contribution in [0.25, 0.3) is 0 Å². The second-order valence-electron chi connectivity index (χ2n) is 4.91. The fraction of sp³-hybridized carbons (Fsp3) is 0. The van der Waals surface area contributed by atoms with Crippen LogP contribution in [0.2, 0.25) is 25.1 Å². The molecule has 24 heavy (non-hydrogen) atoms. The molecule has 0 unspecified atom stereocenters. The Balaban J connectivity index is 2.17. The summed E-state index contributed by atoms with van der Waals surface area (Å²) in [6.07, 6.45) is 0. The van der Waals surface area contributed by atoms with Crippen LogP contribution in [0.5, 0.6) is 0 Å². The molecule has 0 fully saturated rings. The van der Waals surface area contributed by atoms with E-state index in [0.717, 1.165) is 14.7 Å². The summed E-state index contributed by atoms with van der Waals surface area (Å²) in [6.45, 7) is 0. The van der Waals surface area contributed by atoms with Gasteiger partial charge in [-0.25, -0.2) is 0 Å². The molecule has 3 aromatic carbocycles. The summed E-state index contributed by atoms with van der Waals surface area (Å²) < 4.78 is 0. The number of hydrogen-bond donors (Lipinski definition) is 0. The number of benzene rings is 3. The van der Waals surface area contributed by atoms with Gasteiger partial charge in [0.05, 0.1) is 31.0 Å². The summed E-state index contributed by atoms with van der Waals surface area (Å²) in [6, 6.07) is 19.0. The van der Waals surface area contributed by atoms with Gasteiger partial charge in [-0.15, -0.1) is 0 Å². The molecular formula is C18H10Cl5S+. The molecule has 0 saturated carbocycles. The average molecular weight is 436 g/mol. The molecule has 0 nitrogen and oxygen atoms in total. The summed E-state index contributed by atoms with van der Waals surface area (Å²) in [5.74, 6) is 0. The molecule has 3 rings (SSSR count). The van der Waals surface area contributed by atoms with Gasteiger partial charge >= 0.3 is 0 Å². The van der Waals surface area contributed by atoms with Crippen molar-refractivity contribution < 1.29 is 0 Å². The van der Waals surface area contributed by atoms with Gasteiger partial charge in [0.2, 0.25) is 0 Å². The quantitative estimate of drug-likeness (QED) is 0.365. The predicted molar refractivity (Wildman–Crippen MR) is 107 cm³/mol. The molecule has 3 aromatic rings. The Bertz CT molecular complexity index is 826. The van der Waals surface area contributed by atoms with Crippen LogP contribution in [0, 0.1) is 0 Å². The van der Waals surface area contributed by atoms with E-state index < -0.39 is 10.9 Å². The third-order valence-corrected chi connectivity index (χ3v) is 7.23. The first-order valence-corrected chi connectivity index (χ1v) is 9.97. The minimum absolute atomic E-state index is 0.405. The van der Waals surface area contributed by atoms with E-state index in [-0.39, 0.29) is 0 Å². The SMILES string of the molecule is Clc1ccc([S+](c2ccc(Cl)c(Cl)c2)c2ccc(Cl)c(Cl)c2)cc1. The fourth-order valence-electron chi connectivity index (χ4n) is 2.19. The topological polar surface area (TPSA) is 0 Å². The van der Waals surface area contributed by atoms with E-state index in [2.05, 4.69) is 0 Å². The summed E-state index contributed by atoms with van der Waals surface area (Å²) in [4.78, 5) is 3.16. The van der Waals surface area contributed by atoms with E-state index in [1.165, 1.54) is 0 Å². The fourth-order valence-corrected chi connectivity index (χ4v) is 5.14. The van der Waals surface area contributed by atoms with Crippen molar-refractivity contribution in [1.29, 1.82) is 0 Å². The van der Waals surface area contributed by atoms with Crippen molar-refractivity contribution >= 4 is 68.9 Å². The zero-order valence-corrected chi connectivity index (χ0v) is 16.7. The summed E-state index contributed by atoms with van der Waals surface area (Å²) in [5, 5.41) is 2.76. The molecule has 0 saturated heterocycles. The van der Waals surface area contributed by atoms with Gasteiger partial charge in [0, 0.05) is 17.2 Å². The minimum atomic E-state index is -0.405. The molecule has 122 valence electrons. The van der Waals surface area contributed by atoms with Crippen LogP contribution in [0.1, 0.15) is 0 Å². The van der Waals surface area contributed by atoms with Crippen LogP contribution in [-0.2, 0) is 10.9 Å². The molecule has 6 heteroatoms. The maximum absolute atomic E-state index is 6.22. The van der Waals surface area contributed by atoms with Gasteiger partial charge in [-0.3, -0.25) is 0 Å². The van der Waals surface area contributed by atoms with Crippen molar-refractivity contribution in [2.45, 2.75) is 14.7 Å². The molecule has 0 atom stereocenters. The van der Waals surface area contributed by atoms with Gasteiger partial charge in [-0.1, -0.05) is 58.0 Å². The van der Waals surface area contributed by atoms with Crippen LogP contribution in [0.3, 0.4) is 0 Å². The lowest BCUT2D eigenvalue weighted by molar-refractivity contribution is 1.32. The predicted octanol–water partition coefficient (Wildman–Crippen LogP) is 8.05. The van der Waals surface area contributed by atoms with Gasteiger partial charge in [0.25, 0.3) is 0 Å². The lowest BCUT2D eigenvalue weighted by Gasteiger charge is -2.09. The van der Waals surface area contributed by atoms with Gasteiger partial charge in [-0.2, -0.15) is 0 Å². The average Bonchev–Trinajstić information content (AvgIpc) is 2.56. The molecule has 0 aliphatic rings. The number of hydrogen-bond acceptors (Lipinski definition) is 0. The number of halogens is 5. The van der Waals surface area contributed by atoms with Crippen molar-refractivity contribution in [3.05, 3.63) is 85.8 Å². The maximum atomic E-state index is 6.22. The van der Waals surface area contributed by atoms with Gasteiger partial charge in [-0.05, 0) is 48.5 Å². The Morgan fingerprint density at radius 1 is 0.458 bits per heavy atom. The lowest BCUT2D eigenvalue weighted by Crippen LogP contribution is -2.05. The second kappa shape index (κ2) is 7.78. The van der Waals surface area contributed by atoms with E-state index in [4.69, 9.17) is 58.0 Å². The third kappa shape index (κ3) is 3.99. The van der Waals surface area contributed by atoms with Gasteiger partial charge < -0.3 is 0 Å². The first kappa shape index (κ1) is 18.3. The molecule has 0 spiro atoms. The molecular weight excluding hydrogens is 426 g/mol. The standard InChI is InChI=1S/C18H10Cl5S/c19-11-1-3-12(4-2-11)24(13-5-7-15(20)17(22)9-13)14-6-8-16(21)18(23)10-14/h1-10H/q+1. The lowest BCUT2D eigenvalue weighted by atomic mass is 10.3. The highest BCUT2D eigenvalue weighted by Gasteiger charge is 2.30.